The van der Waals surface area contributed by atoms with E-state index in [1.165, 1.54) is 31.4 Å². The van der Waals surface area contributed by atoms with Gasteiger partial charge in [-0.1, -0.05) is 39.8 Å². The topological polar surface area (TPSA) is 12.0 Å². The molecule has 1 aromatic rings. The summed E-state index contributed by atoms with van der Waals surface area (Å²) in [6.07, 6.45) is 3.73. The van der Waals surface area contributed by atoms with Crippen molar-refractivity contribution in [1.29, 1.82) is 0 Å². The molecule has 0 spiro atoms. The molecule has 1 fully saturated rings. The van der Waals surface area contributed by atoms with Crippen LogP contribution in [0.1, 0.15) is 52.5 Å². The zero-order valence-corrected chi connectivity index (χ0v) is 12.6. The number of hydrogen-bond acceptors (Lipinski definition) is 1. The fraction of sp³-hybridized carbons (Fsp3) is 0.647. The third-order valence-electron chi connectivity index (χ3n) is 4.06. The maximum absolute atomic E-state index is 12.9. The molecule has 1 nitrogen and oxygen atoms in total. The summed E-state index contributed by atoms with van der Waals surface area (Å²) in [4.78, 5) is 0. The largest absolute Gasteiger partial charge is 0.310 e. The number of nitrogens with one attached hydrogen (secondary N) is 1. The molecule has 0 amide bonds. The molecule has 106 valence electrons. The highest BCUT2D eigenvalue weighted by Gasteiger charge is 2.37. The van der Waals surface area contributed by atoms with Crippen LogP contribution in [-0.2, 0) is 6.54 Å². The Hall–Kier alpha value is -0.890. The monoisotopic (exact) mass is 263 g/mol. The summed E-state index contributed by atoms with van der Waals surface area (Å²) in [5.41, 5.74) is 1.97. The van der Waals surface area contributed by atoms with Crippen LogP contribution in [0.15, 0.2) is 24.3 Å². The highest BCUT2D eigenvalue weighted by molar-refractivity contribution is 5.15. The molecule has 0 radical (unpaired) electrons. The number of rotatable bonds is 3. The molecule has 0 unspecified atom stereocenters. The molecular formula is C17H26FN. The summed E-state index contributed by atoms with van der Waals surface area (Å²) in [7, 11) is 0. The van der Waals surface area contributed by atoms with Gasteiger partial charge in [-0.25, -0.2) is 4.39 Å². The SMILES string of the molecule is CC1(C)CC(NCc2ccc(F)cc2)CC(C)(C)C1. The molecule has 19 heavy (non-hydrogen) atoms. The Morgan fingerprint density at radius 1 is 1.05 bits per heavy atom. The molecule has 0 saturated heterocycles. The minimum atomic E-state index is -0.163. The van der Waals surface area contributed by atoms with Crippen molar-refractivity contribution in [3.05, 3.63) is 35.6 Å². The molecule has 1 aliphatic carbocycles. The van der Waals surface area contributed by atoms with Crippen molar-refractivity contribution in [3.63, 3.8) is 0 Å². The normalized spacial score (nSPS) is 22.4. The molecular weight excluding hydrogens is 237 g/mol. The minimum Gasteiger partial charge on any atom is -0.310 e. The van der Waals surface area contributed by atoms with Crippen molar-refractivity contribution in [2.45, 2.75) is 59.5 Å². The Bertz CT molecular complexity index is 403. The predicted molar refractivity (Wildman–Crippen MR) is 78.4 cm³/mol. The van der Waals surface area contributed by atoms with Gasteiger partial charge in [0.1, 0.15) is 5.82 Å². The highest BCUT2D eigenvalue weighted by Crippen LogP contribution is 2.45. The van der Waals surface area contributed by atoms with Gasteiger partial charge in [0.2, 0.25) is 0 Å². The second-order valence-electron chi connectivity index (χ2n) is 7.62. The van der Waals surface area contributed by atoms with E-state index in [0.717, 1.165) is 12.1 Å². The molecule has 0 atom stereocenters. The fourth-order valence-electron chi connectivity index (χ4n) is 3.85. The summed E-state index contributed by atoms with van der Waals surface area (Å²) in [5, 5.41) is 3.65. The second-order valence-corrected chi connectivity index (χ2v) is 7.62. The molecule has 0 aromatic heterocycles. The van der Waals surface area contributed by atoms with Crippen LogP contribution < -0.4 is 5.32 Å². The van der Waals surface area contributed by atoms with Crippen molar-refractivity contribution >= 4 is 0 Å². The van der Waals surface area contributed by atoms with Crippen LogP contribution in [0.25, 0.3) is 0 Å². The fourth-order valence-corrected chi connectivity index (χ4v) is 3.85. The second kappa shape index (κ2) is 5.24. The Labute approximate surface area is 116 Å². The molecule has 2 heteroatoms. The summed E-state index contributed by atoms with van der Waals surface area (Å²) in [5.74, 6) is -0.163. The first-order valence-electron chi connectivity index (χ1n) is 7.24. The van der Waals surface area contributed by atoms with Gasteiger partial charge in [-0.2, -0.15) is 0 Å². The summed E-state index contributed by atoms with van der Waals surface area (Å²) in [6.45, 7) is 10.3. The van der Waals surface area contributed by atoms with Gasteiger partial charge in [0.15, 0.2) is 0 Å². The quantitative estimate of drug-likeness (QED) is 0.845. The Balaban J connectivity index is 1.93. The average Bonchev–Trinajstić information content (AvgIpc) is 2.24. The molecule has 2 rings (SSSR count). The number of benzene rings is 1. The lowest BCUT2D eigenvalue weighted by Gasteiger charge is -2.45. The first-order chi connectivity index (χ1) is 8.76. The van der Waals surface area contributed by atoms with Gasteiger partial charge in [-0.3, -0.25) is 0 Å². The average molecular weight is 263 g/mol. The van der Waals surface area contributed by atoms with Gasteiger partial charge in [-0.15, -0.1) is 0 Å². The van der Waals surface area contributed by atoms with E-state index in [0.29, 0.717) is 16.9 Å². The van der Waals surface area contributed by atoms with Gasteiger partial charge < -0.3 is 5.32 Å². The van der Waals surface area contributed by atoms with E-state index >= 15 is 0 Å². The maximum Gasteiger partial charge on any atom is 0.123 e. The van der Waals surface area contributed by atoms with Crippen LogP contribution in [0.4, 0.5) is 4.39 Å². The van der Waals surface area contributed by atoms with Crippen LogP contribution in [0, 0.1) is 16.6 Å². The molecule has 0 aliphatic heterocycles. The molecule has 1 aromatic carbocycles. The van der Waals surface area contributed by atoms with E-state index in [9.17, 15) is 4.39 Å². The van der Waals surface area contributed by atoms with Crippen molar-refractivity contribution in [2.24, 2.45) is 10.8 Å². The minimum absolute atomic E-state index is 0.163. The first kappa shape index (κ1) is 14.5. The molecule has 0 bridgehead atoms. The first-order valence-corrected chi connectivity index (χ1v) is 7.24. The third-order valence-corrected chi connectivity index (χ3v) is 4.06. The van der Waals surface area contributed by atoms with Gasteiger partial charge >= 0.3 is 0 Å². The molecule has 1 aliphatic rings. The van der Waals surface area contributed by atoms with Crippen molar-refractivity contribution < 1.29 is 4.39 Å². The lowest BCUT2D eigenvalue weighted by molar-refractivity contribution is 0.0845. The van der Waals surface area contributed by atoms with Gasteiger partial charge in [-0.05, 0) is 47.8 Å². The predicted octanol–water partition coefficient (Wildman–Crippen LogP) is 4.52. The van der Waals surface area contributed by atoms with E-state index in [2.05, 4.69) is 33.0 Å². The van der Waals surface area contributed by atoms with Crippen LogP contribution >= 0.6 is 0 Å². The molecule has 0 heterocycles. The van der Waals surface area contributed by atoms with E-state index in [1.54, 1.807) is 0 Å². The van der Waals surface area contributed by atoms with Crippen LogP contribution in [0.5, 0.6) is 0 Å². The number of halogens is 1. The van der Waals surface area contributed by atoms with Crippen LogP contribution in [-0.4, -0.2) is 6.04 Å². The van der Waals surface area contributed by atoms with E-state index < -0.39 is 0 Å². The van der Waals surface area contributed by atoms with Crippen molar-refractivity contribution in [3.8, 4) is 0 Å². The smallest absolute Gasteiger partial charge is 0.123 e. The highest BCUT2D eigenvalue weighted by atomic mass is 19.1. The lowest BCUT2D eigenvalue weighted by atomic mass is 9.63. The lowest BCUT2D eigenvalue weighted by Crippen LogP contribution is -2.43. The van der Waals surface area contributed by atoms with Crippen LogP contribution in [0.2, 0.25) is 0 Å². The van der Waals surface area contributed by atoms with Gasteiger partial charge in [0, 0.05) is 12.6 Å². The van der Waals surface area contributed by atoms with E-state index in [1.807, 2.05) is 12.1 Å². The number of hydrogen-bond donors (Lipinski definition) is 1. The summed E-state index contributed by atoms with van der Waals surface area (Å²) in [6, 6.07) is 7.35. The molecule has 1 saturated carbocycles. The maximum atomic E-state index is 12.9. The zero-order valence-electron chi connectivity index (χ0n) is 12.6. The standard InChI is InChI=1S/C17H26FN/c1-16(2)9-15(10-17(3,4)12-16)19-11-13-5-7-14(18)8-6-13/h5-8,15,19H,9-12H2,1-4H3. The third kappa shape index (κ3) is 4.31. The zero-order chi connectivity index (χ0) is 14.1. The van der Waals surface area contributed by atoms with Crippen molar-refractivity contribution in [1.82, 2.24) is 5.32 Å². The van der Waals surface area contributed by atoms with Gasteiger partial charge in [0.25, 0.3) is 0 Å². The van der Waals surface area contributed by atoms with Crippen LogP contribution in [0.3, 0.4) is 0 Å². The van der Waals surface area contributed by atoms with Gasteiger partial charge in [0.05, 0.1) is 0 Å². The van der Waals surface area contributed by atoms with Crippen molar-refractivity contribution in [2.75, 3.05) is 0 Å². The Morgan fingerprint density at radius 3 is 2.11 bits per heavy atom. The molecule has 1 N–H and O–H groups in total. The van der Waals surface area contributed by atoms with E-state index in [4.69, 9.17) is 0 Å². The summed E-state index contributed by atoms with van der Waals surface area (Å²) >= 11 is 0. The van der Waals surface area contributed by atoms with E-state index in [-0.39, 0.29) is 5.82 Å². The Kier molecular flexibility index (Phi) is 4.00. The Morgan fingerprint density at radius 2 is 1.58 bits per heavy atom. The summed E-state index contributed by atoms with van der Waals surface area (Å²) < 4.78 is 12.9.